The van der Waals surface area contributed by atoms with Crippen LogP contribution in [-0.4, -0.2) is 23.2 Å². The molecule has 0 bridgehead atoms. The lowest BCUT2D eigenvalue weighted by molar-refractivity contribution is 0.115. The fourth-order valence-corrected chi connectivity index (χ4v) is 2.51. The Labute approximate surface area is 130 Å². The third kappa shape index (κ3) is 3.45. The van der Waals surface area contributed by atoms with E-state index < -0.39 is 0 Å². The van der Waals surface area contributed by atoms with Gasteiger partial charge in [0.05, 0.1) is 11.8 Å². The number of nitrogens with zero attached hydrogens (tertiary/aromatic N) is 1. The number of rotatable bonds is 4. The quantitative estimate of drug-likeness (QED) is 0.935. The van der Waals surface area contributed by atoms with Crippen molar-refractivity contribution >= 4 is 6.09 Å². The minimum absolute atomic E-state index is 0.100. The monoisotopic (exact) mass is 296 g/mol. The number of carbonyl (C=O) groups excluding carboxylic acids is 1. The molecule has 1 aromatic carbocycles. The fraction of sp³-hybridized carbons (Fsp3) is 0.333. The molecule has 0 saturated heterocycles. The maximum atomic E-state index is 11.6. The van der Waals surface area contributed by atoms with Gasteiger partial charge >= 0.3 is 6.09 Å². The van der Waals surface area contributed by atoms with E-state index in [4.69, 9.17) is 9.72 Å². The molecule has 1 N–H and O–H groups in total. The zero-order chi connectivity index (χ0) is 15.5. The predicted molar refractivity (Wildman–Crippen MR) is 85.6 cm³/mol. The second-order valence-corrected chi connectivity index (χ2v) is 5.86. The predicted octanol–water partition coefficient (Wildman–Crippen LogP) is 3.74. The van der Waals surface area contributed by atoms with Crippen LogP contribution in [0.15, 0.2) is 48.5 Å². The van der Waals surface area contributed by atoms with E-state index in [1.807, 2.05) is 50.2 Å². The highest BCUT2D eigenvalue weighted by Gasteiger charge is 2.41. The number of nitrogens with one attached hydrogen (secondary N) is 1. The lowest BCUT2D eigenvalue weighted by atomic mass is 10.1. The Hall–Kier alpha value is -2.36. The molecule has 1 fully saturated rings. The van der Waals surface area contributed by atoms with E-state index in [2.05, 4.69) is 17.4 Å². The average Bonchev–Trinajstić information content (AvgIpc) is 3.26. The highest BCUT2D eigenvalue weighted by Crippen LogP contribution is 2.40. The van der Waals surface area contributed by atoms with Crippen LogP contribution in [0.2, 0.25) is 0 Å². The van der Waals surface area contributed by atoms with Crippen LogP contribution in [0.3, 0.4) is 0 Å². The van der Waals surface area contributed by atoms with Crippen LogP contribution in [0, 0.1) is 0 Å². The lowest BCUT2D eigenvalue weighted by Crippen LogP contribution is -2.29. The number of pyridine rings is 1. The molecule has 0 radical (unpaired) electrons. The Morgan fingerprint density at radius 3 is 2.68 bits per heavy atom. The molecule has 1 heterocycles. The molecule has 1 aromatic heterocycles. The first-order valence-corrected chi connectivity index (χ1v) is 7.63. The summed E-state index contributed by atoms with van der Waals surface area (Å²) in [6.07, 6.45) is 0.469. The maximum absolute atomic E-state index is 11.6. The largest absolute Gasteiger partial charge is 0.447 e. The van der Waals surface area contributed by atoms with Gasteiger partial charge in [0, 0.05) is 23.2 Å². The summed E-state index contributed by atoms with van der Waals surface area (Å²) in [5.74, 6) is 0.281. The average molecular weight is 296 g/mol. The Kier molecular flexibility index (Phi) is 4.09. The number of benzene rings is 1. The first-order chi connectivity index (χ1) is 10.6. The van der Waals surface area contributed by atoms with Crippen LogP contribution in [0.4, 0.5) is 4.79 Å². The number of ether oxygens (including phenoxy) is 1. The molecule has 1 aliphatic carbocycles. The van der Waals surface area contributed by atoms with E-state index in [-0.39, 0.29) is 24.2 Å². The van der Waals surface area contributed by atoms with E-state index in [1.54, 1.807) is 0 Å². The van der Waals surface area contributed by atoms with Gasteiger partial charge in [-0.05, 0) is 32.4 Å². The van der Waals surface area contributed by atoms with Gasteiger partial charge < -0.3 is 10.1 Å². The summed E-state index contributed by atoms with van der Waals surface area (Å²) in [7, 11) is 0. The third-order valence-electron chi connectivity index (χ3n) is 3.66. The summed E-state index contributed by atoms with van der Waals surface area (Å²) in [4.78, 5) is 16.3. The molecule has 1 amide bonds. The Bertz CT molecular complexity index is 655. The highest BCUT2D eigenvalue weighted by atomic mass is 16.6. The first kappa shape index (κ1) is 14.6. The van der Waals surface area contributed by atoms with Gasteiger partial charge in [-0.25, -0.2) is 4.79 Å². The standard InChI is InChI=1S/C18H20N2O2/c1-12(2)22-18(21)20-17-11-14(17)16-10-6-9-15(19-16)13-7-4-3-5-8-13/h3-10,12,14,17H,11H2,1-2H3,(H,20,21)/t14-,17-/m1/s1. The zero-order valence-corrected chi connectivity index (χ0v) is 12.8. The van der Waals surface area contributed by atoms with E-state index in [0.29, 0.717) is 0 Å². The second kappa shape index (κ2) is 6.18. The van der Waals surface area contributed by atoms with Crippen molar-refractivity contribution < 1.29 is 9.53 Å². The summed E-state index contributed by atoms with van der Waals surface area (Å²) in [6.45, 7) is 3.68. The molecular formula is C18H20N2O2. The number of hydrogen-bond donors (Lipinski definition) is 1. The summed E-state index contributed by atoms with van der Waals surface area (Å²) in [6, 6.07) is 16.3. The topological polar surface area (TPSA) is 51.2 Å². The van der Waals surface area contributed by atoms with Gasteiger partial charge in [0.15, 0.2) is 0 Å². The number of aromatic nitrogens is 1. The van der Waals surface area contributed by atoms with Crippen molar-refractivity contribution in [1.82, 2.24) is 10.3 Å². The van der Waals surface area contributed by atoms with Crippen LogP contribution < -0.4 is 5.32 Å². The summed E-state index contributed by atoms with van der Waals surface area (Å²) < 4.78 is 5.11. The first-order valence-electron chi connectivity index (χ1n) is 7.63. The minimum atomic E-state index is -0.346. The lowest BCUT2D eigenvalue weighted by Gasteiger charge is -2.09. The van der Waals surface area contributed by atoms with Gasteiger partial charge in [-0.2, -0.15) is 0 Å². The van der Waals surface area contributed by atoms with Gasteiger partial charge in [-0.1, -0.05) is 36.4 Å². The number of amides is 1. The van der Waals surface area contributed by atoms with E-state index in [0.717, 1.165) is 23.4 Å². The number of carbonyl (C=O) groups is 1. The van der Waals surface area contributed by atoms with Crippen molar-refractivity contribution in [2.45, 2.75) is 38.3 Å². The molecule has 2 aromatic rings. The molecule has 0 aliphatic heterocycles. The van der Waals surface area contributed by atoms with Gasteiger partial charge in [-0.15, -0.1) is 0 Å². The molecule has 1 saturated carbocycles. The Balaban J connectivity index is 1.66. The Morgan fingerprint density at radius 2 is 1.95 bits per heavy atom. The summed E-state index contributed by atoms with van der Waals surface area (Å²) in [5.41, 5.74) is 3.10. The molecule has 0 unspecified atom stereocenters. The zero-order valence-electron chi connectivity index (χ0n) is 12.8. The van der Waals surface area contributed by atoms with Crippen LogP contribution in [0.5, 0.6) is 0 Å². The molecule has 114 valence electrons. The molecule has 2 atom stereocenters. The Morgan fingerprint density at radius 1 is 1.18 bits per heavy atom. The maximum Gasteiger partial charge on any atom is 0.407 e. The van der Waals surface area contributed by atoms with Crippen molar-refractivity contribution in [1.29, 1.82) is 0 Å². The van der Waals surface area contributed by atoms with E-state index in [9.17, 15) is 4.79 Å². The molecule has 1 aliphatic rings. The molecular weight excluding hydrogens is 276 g/mol. The molecule has 3 rings (SSSR count). The van der Waals surface area contributed by atoms with Gasteiger partial charge in [0.2, 0.25) is 0 Å². The van der Waals surface area contributed by atoms with Crippen molar-refractivity contribution in [3.05, 3.63) is 54.2 Å². The van der Waals surface area contributed by atoms with E-state index in [1.165, 1.54) is 0 Å². The van der Waals surface area contributed by atoms with Crippen LogP contribution in [0.1, 0.15) is 31.9 Å². The summed E-state index contributed by atoms with van der Waals surface area (Å²) in [5, 5.41) is 2.89. The molecule has 22 heavy (non-hydrogen) atoms. The van der Waals surface area contributed by atoms with Crippen LogP contribution in [0.25, 0.3) is 11.3 Å². The summed E-state index contributed by atoms with van der Waals surface area (Å²) >= 11 is 0. The van der Waals surface area contributed by atoms with Gasteiger partial charge in [0.1, 0.15) is 0 Å². The van der Waals surface area contributed by atoms with Crippen molar-refractivity contribution in [3.8, 4) is 11.3 Å². The SMILES string of the molecule is CC(C)OC(=O)N[C@@H]1C[C@@H]1c1cccc(-c2ccccc2)n1. The normalized spacial score (nSPS) is 19.8. The van der Waals surface area contributed by atoms with Crippen molar-refractivity contribution in [2.24, 2.45) is 0 Å². The van der Waals surface area contributed by atoms with Crippen LogP contribution in [-0.2, 0) is 4.74 Å². The van der Waals surface area contributed by atoms with Gasteiger partial charge in [0.25, 0.3) is 0 Å². The fourth-order valence-electron chi connectivity index (χ4n) is 2.51. The number of hydrogen-bond acceptors (Lipinski definition) is 3. The molecule has 4 heteroatoms. The highest BCUT2D eigenvalue weighted by molar-refractivity contribution is 5.68. The van der Waals surface area contributed by atoms with Crippen LogP contribution >= 0.6 is 0 Å². The molecule has 0 spiro atoms. The third-order valence-corrected chi connectivity index (χ3v) is 3.66. The van der Waals surface area contributed by atoms with Crippen molar-refractivity contribution in [3.63, 3.8) is 0 Å². The number of alkyl carbamates (subject to hydrolysis) is 1. The second-order valence-electron chi connectivity index (χ2n) is 5.86. The molecule has 4 nitrogen and oxygen atoms in total. The van der Waals surface area contributed by atoms with Gasteiger partial charge in [-0.3, -0.25) is 4.98 Å². The van der Waals surface area contributed by atoms with Crippen molar-refractivity contribution in [2.75, 3.05) is 0 Å². The smallest absolute Gasteiger partial charge is 0.407 e. The minimum Gasteiger partial charge on any atom is -0.447 e. The van der Waals surface area contributed by atoms with E-state index >= 15 is 0 Å².